The van der Waals surface area contributed by atoms with Crippen LogP contribution in [0.4, 0.5) is 0 Å². The van der Waals surface area contributed by atoms with Crippen LogP contribution in [0.25, 0.3) is 0 Å². The lowest BCUT2D eigenvalue weighted by Gasteiger charge is -2.17. The predicted molar refractivity (Wildman–Crippen MR) is 93.8 cm³/mol. The summed E-state index contributed by atoms with van der Waals surface area (Å²) < 4.78 is 16.0. The molecule has 0 aromatic heterocycles. The monoisotopic (exact) mass is 360 g/mol. The van der Waals surface area contributed by atoms with Crippen LogP contribution in [0.2, 0.25) is 0 Å². The second-order valence-corrected chi connectivity index (χ2v) is 5.76. The van der Waals surface area contributed by atoms with Crippen LogP contribution in [0.3, 0.4) is 0 Å². The van der Waals surface area contributed by atoms with Crippen molar-refractivity contribution >= 4 is 11.9 Å². The van der Waals surface area contributed by atoms with Crippen molar-refractivity contribution in [3.05, 3.63) is 46.0 Å². The number of carboxylic acids is 1. The van der Waals surface area contributed by atoms with E-state index in [-0.39, 0.29) is 22.4 Å². The van der Waals surface area contributed by atoms with Gasteiger partial charge in [0.25, 0.3) is 0 Å². The summed E-state index contributed by atoms with van der Waals surface area (Å²) in [4.78, 5) is 23.8. The maximum absolute atomic E-state index is 12.7. The summed E-state index contributed by atoms with van der Waals surface area (Å²) in [6.45, 7) is 4.98. The number of methoxy groups -OCH3 is 2. The third-order valence-corrected chi connectivity index (χ3v) is 4.02. The van der Waals surface area contributed by atoms with Gasteiger partial charge in [-0.2, -0.15) is 0 Å². The van der Waals surface area contributed by atoms with E-state index < -0.39 is 17.7 Å². The molecule has 0 bridgehead atoms. The molecule has 0 saturated carbocycles. The van der Waals surface area contributed by atoms with E-state index in [1.54, 1.807) is 19.9 Å². The average molecular weight is 360 g/mol. The quantitative estimate of drug-likeness (QED) is 0.623. The van der Waals surface area contributed by atoms with Crippen molar-refractivity contribution in [3.63, 3.8) is 0 Å². The Morgan fingerprint density at radius 3 is 2.04 bits per heavy atom. The molecule has 0 aliphatic heterocycles. The second-order valence-electron chi connectivity index (χ2n) is 5.76. The Balaban J connectivity index is 2.46. The van der Waals surface area contributed by atoms with E-state index in [0.29, 0.717) is 22.6 Å². The van der Waals surface area contributed by atoms with Crippen LogP contribution in [-0.4, -0.2) is 36.4 Å². The summed E-state index contributed by atoms with van der Waals surface area (Å²) in [5.74, 6) is -1.49. The predicted octanol–water partition coefficient (Wildman–Crippen LogP) is 3.25. The standard InChI is InChI=1S/C19H20O7/c1-9-6-12(8-13(20)15(9)18(21)22)26-19(23)16-10(2)7-14(24-4)11(3)17(16)25-5/h6-8,20H,1-5H3,(H,21,22). The molecule has 7 heteroatoms. The number of hydrogen-bond donors (Lipinski definition) is 2. The fourth-order valence-corrected chi connectivity index (χ4v) is 2.81. The van der Waals surface area contributed by atoms with E-state index in [0.717, 1.165) is 6.07 Å². The molecule has 138 valence electrons. The van der Waals surface area contributed by atoms with Crippen molar-refractivity contribution in [2.45, 2.75) is 20.8 Å². The van der Waals surface area contributed by atoms with Gasteiger partial charge < -0.3 is 24.4 Å². The molecule has 0 fully saturated rings. The zero-order valence-corrected chi connectivity index (χ0v) is 15.2. The highest BCUT2D eigenvalue weighted by Gasteiger charge is 2.23. The van der Waals surface area contributed by atoms with Gasteiger partial charge in [0.05, 0.1) is 14.2 Å². The molecule has 7 nitrogen and oxygen atoms in total. The van der Waals surface area contributed by atoms with Gasteiger partial charge in [0.2, 0.25) is 0 Å². The highest BCUT2D eigenvalue weighted by atomic mass is 16.5. The van der Waals surface area contributed by atoms with Crippen molar-refractivity contribution in [3.8, 4) is 23.0 Å². The first kappa shape index (κ1) is 19.1. The van der Waals surface area contributed by atoms with Crippen LogP contribution >= 0.6 is 0 Å². The van der Waals surface area contributed by atoms with Crippen LogP contribution < -0.4 is 14.2 Å². The lowest BCUT2D eigenvalue weighted by atomic mass is 10.0. The van der Waals surface area contributed by atoms with E-state index in [1.165, 1.54) is 27.2 Å². The van der Waals surface area contributed by atoms with Crippen molar-refractivity contribution < 1.29 is 34.0 Å². The lowest BCUT2D eigenvalue weighted by Crippen LogP contribution is -2.14. The molecular formula is C19H20O7. The van der Waals surface area contributed by atoms with Crippen LogP contribution in [0.5, 0.6) is 23.0 Å². The van der Waals surface area contributed by atoms with Gasteiger partial charge in [-0.15, -0.1) is 0 Å². The number of aromatic hydroxyl groups is 1. The Labute approximate surface area is 150 Å². The minimum atomic E-state index is -1.26. The molecule has 0 spiro atoms. The first-order valence-electron chi connectivity index (χ1n) is 7.72. The molecule has 0 unspecified atom stereocenters. The van der Waals surface area contributed by atoms with Gasteiger partial charge >= 0.3 is 11.9 Å². The van der Waals surface area contributed by atoms with Crippen LogP contribution in [0.1, 0.15) is 37.4 Å². The average Bonchev–Trinajstić information content (AvgIpc) is 2.54. The zero-order valence-electron chi connectivity index (χ0n) is 15.2. The van der Waals surface area contributed by atoms with Crippen molar-refractivity contribution in [1.29, 1.82) is 0 Å². The summed E-state index contributed by atoms with van der Waals surface area (Å²) >= 11 is 0. The van der Waals surface area contributed by atoms with Gasteiger partial charge in [0.15, 0.2) is 0 Å². The van der Waals surface area contributed by atoms with Gasteiger partial charge in [-0.3, -0.25) is 0 Å². The van der Waals surface area contributed by atoms with Gasteiger partial charge in [-0.25, -0.2) is 9.59 Å². The number of aryl methyl sites for hydroxylation is 2. The Morgan fingerprint density at radius 2 is 1.54 bits per heavy atom. The van der Waals surface area contributed by atoms with Crippen molar-refractivity contribution in [2.24, 2.45) is 0 Å². The third kappa shape index (κ3) is 3.42. The zero-order chi connectivity index (χ0) is 19.6. The van der Waals surface area contributed by atoms with Gasteiger partial charge in [0, 0.05) is 11.6 Å². The van der Waals surface area contributed by atoms with Crippen LogP contribution in [0.15, 0.2) is 18.2 Å². The number of aromatic carboxylic acids is 1. The fourth-order valence-electron chi connectivity index (χ4n) is 2.81. The minimum absolute atomic E-state index is 0.0323. The van der Waals surface area contributed by atoms with E-state index >= 15 is 0 Å². The summed E-state index contributed by atoms with van der Waals surface area (Å²) in [5, 5.41) is 19.0. The lowest BCUT2D eigenvalue weighted by molar-refractivity contribution is 0.0692. The largest absolute Gasteiger partial charge is 0.507 e. The molecule has 2 rings (SSSR count). The van der Waals surface area contributed by atoms with E-state index in [2.05, 4.69) is 0 Å². The number of hydrogen-bond acceptors (Lipinski definition) is 6. The second kappa shape index (κ2) is 7.35. The molecule has 0 aliphatic rings. The number of benzene rings is 2. The van der Waals surface area contributed by atoms with Gasteiger partial charge in [-0.1, -0.05) is 0 Å². The normalized spacial score (nSPS) is 10.3. The molecule has 0 aliphatic carbocycles. The summed E-state index contributed by atoms with van der Waals surface area (Å²) in [6, 6.07) is 4.16. The molecule has 0 amide bonds. The summed E-state index contributed by atoms with van der Waals surface area (Å²) in [5.41, 5.74) is 1.50. The first-order valence-corrected chi connectivity index (χ1v) is 7.72. The molecule has 2 N–H and O–H groups in total. The number of phenols is 1. The van der Waals surface area contributed by atoms with E-state index in [1.807, 2.05) is 0 Å². The molecule has 0 saturated heterocycles. The number of rotatable bonds is 5. The topological polar surface area (TPSA) is 102 Å². The number of carboxylic acid groups (broad SMARTS) is 1. The summed E-state index contributed by atoms with van der Waals surface area (Å²) in [7, 11) is 2.96. The van der Waals surface area contributed by atoms with Crippen LogP contribution in [-0.2, 0) is 0 Å². The van der Waals surface area contributed by atoms with Gasteiger partial charge in [0.1, 0.15) is 34.1 Å². The highest BCUT2D eigenvalue weighted by molar-refractivity contribution is 5.97. The first-order chi connectivity index (χ1) is 12.2. The Bertz CT molecular complexity index is 861. The molecule has 0 radical (unpaired) electrons. The maximum Gasteiger partial charge on any atom is 0.347 e. The molecule has 0 atom stereocenters. The number of carbonyl (C=O) groups is 2. The third-order valence-electron chi connectivity index (χ3n) is 4.02. The fraction of sp³-hybridized carbons (Fsp3) is 0.263. The minimum Gasteiger partial charge on any atom is -0.507 e. The van der Waals surface area contributed by atoms with E-state index in [9.17, 15) is 14.7 Å². The molecule has 2 aromatic rings. The smallest absolute Gasteiger partial charge is 0.347 e. The van der Waals surface area contributed by atoms with Crippen molar-refractivity contribution in [1.82, 2.24) is 0 Å². The Kier molecular flexibility index (Phi) is 5.40. The molecule has 2 aromatic carbocycles. The SMILES string of the molecule is COc1cc(C)c(C(=O)Oc2cc(C)c(C(=O)O)c(O)c2)c(OC)c1C. The maximum atomic E-state index is 12.7. The van der Waals surface area contributed by atoms with Crippen molar-refractivity contribution in [2.75, 3.05) is 14.2 Å². The molecule has 26 heavy (non-hydrogen) atoms. The molecular weight excluding hydrogens is 340 g/mol. The Morgan fingerprint density at radius 1 is 0.923 bits per heavy atom. The van der Waals surface area contributed by atoms with Crippen LogP contribution in [0, 0.1) is 20.8 Å². The molecule has 0 heterocycles. The number of ether oxygens (including phenoxy) is 3. The Hall–Kier alpha value is -3.22. The number of esters is 1. The summed E-state index contributed by atoms with van der Waals surface area (Å²) in [6.07, 6.45) is 0. The number of carbonyl (C=O) groups excluding carboxylic acids is 1. The highest BCUT2D eigenvalue weighted by Crippen LogP contribution is 2.35. The van der Waals surface area contributed by atoms with E-state index in [4.69, 9.17) is 19.3 Å². The van der Waals surface area contributed by atoms with Gasteiger partial charge in [-0.05, 0) is 44.0 Å².